The third-order valence-electron chi connectivity index (χ3n) is 3.68. The van der Waals surface area contributed by atoms with Crippen LogP contribution >= 0.6 is 0 Å². The Hall–Kier alpha value is -2.61. The van der Waals surface area contributed by atoms with Crippen molar-refractivity contribution in [2.75, 3.05) is 0 Å². The van der Waals surface area contributed by atoms with Gasteiger partial charge in [-0.25, -0.2) is 0 Å². The third-order valence-corrected chi connectivity index (χ3v) is 3.68. The maximum atomic E-state index is 12.5. The van der Waals surface area contributed by atoms with E-state index >= 15 is 0 Å². The second-order valence-corrected chi connectivity index (χ2v) is 5.08. The molecule has 104 valence electrons. The summed E-state index contributed by atoms with van der Waals surface area (Å²) in [6.45, 7) is 0. The van der Waals surface area contributed by atoms with E-state index in [1.165, 1.54) is 0 Å². The van der Waals surface area contributed by atoms with Crippen molar-refractivity contribution in [2.24, 2.45) is 0 Å². The number of aromatic amines is 1. The predicted molar refractivity (Wildman–Crippen MR) is 84.5 cm³/mol. The molecule has 1 atom stereocenters. The van der Waals surface area contributed by atoms with Gasteiger partial charge >= 0.3 is 0 Å². The largest absolute Gasteiger partial charge is 0.364 e. The molecule has 0 aliphatic heterocycles. The van der Waals surface area contributed by atoms with E-state index in [4.69, 9.17) is 0 Å². The Bertz CT molecular complexity index is 687. The fourth-order valence-corrected chi connectivity index (χ4v) is 2.58. The highest BCUT2D eigenvalue weighted by Crippen LogP contribution is 2.28. The van der Waals surface area contributed by atoms with Gasteiger partial charge in [-0.1, -0.05) is 60.7 Å². The van der Waals surface area contributed by atoms with Crippen molar-refractivity contribution < 1.29 is 4.79 Å². The molecule has 0 bridgehead atoms. The first kappa shape index (κ1) is 13.4. The van der Waals surface area contributed by atoms with Gasteiger partial charge in [0, 0.05) is 29.8 Å². The molecule has 1 heterocycles. The van der Waals surface area contributed by atoms with Crippen LogP contribution in [-0.2, 0) is 0 Å². The lowest BCUT2D eigenvalue weighted by molar-refractivity contribution is 0.0977. The van der Waals surface area contributed by atoms with Gasteiger partial charge in [0.05, 0.1) is 0 Å². The normalized spacial score (nSPS) is 12.0. The molecule has 0 spiro atoms. The predicted octanol–water partition coefficient (Wildman–Crippen LogP) is 4.42. The van der Waals surface area contributed by atoms with Crippen LogP contribution in [0.15, 0.2) is 79.0 Å². The van der Waals surface area contributed by atoms with Crippen LogP contribution in [0.25, 0.3) is 0 Å². The molecule has 0 saturated heterocycles. The Morgan fingerprint density at radius 3 is 2.14 bits per heavy atom. The number of hydrogen-bond acceptors (Lipinski definition) is 1. The van der Waals surface area contributed by atoms with E-state index in [9.17, 15) is 4.79 Å². The van der Waals surface area contributed by atoms with Crippen LogP contribution in [0, 0.1) is 0 Å². The second kappa shape index (κ2) is 6.23. The van der Waals surface area contributed by atoms with Crippen LogP contribution in [0.2, 0.25) is 0 Å². The lowest BCUT2D eigenvalue weighted by atomic mass is 9.89. The molecular weight excluding hydrogens is 258 g/mol. The second-order valence-electron chi connectivity index (χ2n) is 5.08. The van der Waals surface area contributed by atoms with E-state index in [2.05, 4.69) is 17.1 Å². The van der Waals surface area contributed by atoms with Gasteiger partial charge in [-0.15, -0.1) is 0 Å². The number of nitrogens with one attached hydrogen (secondary N) is 1. The first-order valence-corrected chi connectivity index (χ1v) is 7.11. The van der Waals surface area contributed by atoms with Crippen LogP contribution in [0.5, 0.6) is 0 Å². The number of benzene rings is 2. The molecule has 0 aliphatic carbocycles. The van der Waals surface area contributed by atoms with E-state index in [-0.39, 0.29) is 11.7 Å². The minimum absolute atomic E-state index is 0.0638. The van der Waals surface area contributed by atoms with Crippen molar-refractivity contribution in [1.82, 2.24) is 4.98 Å². The van der Waals surface area contributed by atoms with Crippen molar-refractivity contribution in [3.63, 3.8) is 0 Å². The first-order chi connectivity index (χ1) is 10.3. The van der Waals surface area contributed by atoms with Gasteiger partial charge < -0.3 is 4.98 Å². The molecule has 3 aromatic rings. The van der Waals surface area contributed by atoms with Crippen molar-refractivity contribution in [2.45, 2.75) is 12.3 Å². The number of carbonyl (C=O) groups is 1. The molecule has 3 rings (SSSR count). The van der Waals surface area contributed by atoms with Gasteiger partial charge in [0.25, 0.3) is 0 Å². The topological polar surface area (TPSA) is 32.9 Å². The zero-order chi connectivity index (χ0) is 14.5. The number of hydrogen-bond donors (Lipinski definition) is 1. The summed E-state index contributed by atoms with van der Waals surface area (Å²) in [4.78, 5) is 15.8. The van der Waals surface area contributed by atoms with Crippen LogP contribution in [0.1, 0.15) is 34.0 Å². The molecule has 0 radical (unpaired) electrons. The van der Waals surface area contributed by atoms with E-state index < -0.39 is 0 Å². The Morgan fingerprint density at radius 1 is 0.857 bits per heavy atom. The SMILES string of the molecule is O=C(C[C@@H](c1ccccc1)c1ccc[nH]1)c1ccccc1. The molecular formula is C19H17NO. The molecule has 0 unspecified atom stereocenters. The van der Waals surface area contributed by atoms with Gasteiger partial charge in [-0.3, -0.25) is 4.79 Å². The maximum Gasteiger partial charge on any atom is 0.163 e. The summed E-state index contributed by atoms with van der Waals surface area (Å²) < 4.78 is 0. The summed E-state index contributed by atoms with van der Waals surface area (Å²) in [6.07, 6.45) is 2.37. The number of aromatic nitrogens is 1. The van der Waals surface area contributed by atoms with Crippen LogP contribution in [0.4, 0.5) is 0 Å². The van der Waals surface area contributed by atoms with Crippen LogP contribution in [-0.4, -0.2) is 10.8 Å². The van der Waals surface area contributed by atoms with Gasteiger partial charge in [-0.2, -0.15) is 0 Å². The van der Waals surface area contributed by atoms with E-state index in [0.717, 1.165) is 16.8 Å². The minimum atomic E-state index is 0.0638. The molecule has 0 amide bonds. The molecule has 2 heteroatoms. The van der Waals surface area contributed by atoms with E-state index in [0.29, 0.717) is 6.42 Å². The lowest BCUT2D eigenvalue weighted by Crippen LogP contribution is -2.09. The van der Waals surface area contributed by atoms with Crippen LogP contribution in [0.3, 0.4) is 0 Å². The monoisotopic (exact) mass is 275 g/mol. The molecule has 1 aromatic heterocycles. The van der Waals surface area contributed by atoms with Gasteiger partial charge in [0.2, 0.25) is 0 Å². The highest BCUT2D eigenvalue weighted by molar-refractivity contribution is 5.96. The number of rotatable bonds is 5. The molecule has 0 aliphatic rings. The van der Waals surface area contributed by atoms with Gasteiger partial charge in [0.15, 0.2) is 5.78 Å². The Labute approximate surface area is 124 Å². The van der Waals surface area contributed by atoms with E-state index in [1.807, 2.05) is 66.9 Å². The Kier molecular flexibility index (Phi) is 3.97. The standard InChI is InChI=1S/C19H17NO/c21-19(16-10-5-2-6-11-16)14-17(18-12-7-13-20-18)15-8-3-1-4-9-15/h1-13,17,20H,14H2/t17-/m0/s1. The summed E-state index contributed by atoms with van der Waals surface area (Å²) >= 11 is 0. The van der Waals surface area contributed by atoms with Crippen molar-refractivity contribution in [1.29, 1.82) is 0 Å². The van der Waals surface area contributed by atoms with Crippen molar-refractivity contribution in [3.8, 4) is 0 Å². The quantitative estimate of drug-likeness (QED) is 0.687. The lowest BCUT2D eigenvalue weighted by Gasteiger charge is -2.15. The summed E-state index contributed by atoms with van der Waals surface area (Å²) in [5.74, 6) is 0.230. The number of Topliss-reactive ketones (excluding diaryl/α,β-unsaturated/α-hetero) is 1. The average Bonchev–Trinajstić information content (AvgIpc) is 3.08. The minimum Gasteiger partial charge on any atom is -0.364 e. The molecule has 2 nitrogen and oxygen atoms in total. The van der Waals surface area contributed by atoms with E-state index in [1.54, 1.807) is 0 Å². The smallest absolute Gasteiger partial charge is 0.163 e. The van der Waals surface area contributed by atoms with Crippen molar-refractivity contribution in [3.05, 3.63) is 95.8 Å². The summed E-state index contributed by atoms with van der Waals surface area (Å²) in [5.41, 5.74) is 3.00. The fraction of sp³-hybridized carbons (Fsp3) is 0.105. The summed E-state index contributed by atoms with van der Waals surface area (Å²) in [6, 6.07) is 23.7. The Morgan fingerprint density at radius 2 is 1.52 bits per heavy atom. The molecule has 1 N–H and O–H groups in total. The summed E-state index contributed by atoms with van der Waals surface area (Å²) in [7, 11) is 0. The van der Waals surface area contributed by atoms with Crippen LogP contribution < -0.4 is 0 Å². The summed E-state index contributed by atoms with van der Waals surface area (Å²) in [5, 5.41) is 0. The highest BCUT2D eigenvalue weighted by Gasteiger charge is 2.19. The maximum absolute atomic E-state index is 12.5. The zero-order valence-corrected chi connectivity index (χ0v) is 11.7. The van der Waals surface area contributed by atoms with Gasteiger partial charge in [-0.05, 0) is 17.7 Å². The van der Waals surface area contributed by atoms with Gasteiger partial charge in [0.1, 0.15) is 0 Å². The molecule has 0 fully saturated rings. The molecule has 2 aromatic carbocycles. The van der Waals surface area contributed by atoms with Crippen molar-refractivity contribution >= 4 is 5.78 Å². The number of carbonyl (C=O) groups excluding carboxylic acids is 1. The average molecular weight is 275 g/mol. The zero-order valence-electron chi connectivity index (χ0n) is 11.7. The Balaban J connectivity index is 1.89. The molecule has 21 heavy (non-hydrogen) atoms. The number of ketones is 1. The first-order valence-electron chi connectivity index (χ1n) is 7.11. The fourth-order valence-electron chi connectivity index (χ4n) is 2.58. The number of H-pyrrole nitrogens is 1. The highest BCUT2D eigenvalue weighted by atomic mass is 16.1. The molecule has 0 saturated carbocycles. The third kappa shape index (κ3) is 3.11.